The van der Waals surface area contributed by atoms with Gasteiger partial charge in [0.15, 0.2) is 0 Å². The number of hydrogen-bond donors (Lipinski definition) is 1. The van der Waals surface area contributed by atoms with Crippen LogP contribution in [0.3, 0.4) is 0 Å². The third-order valence-corrected chi connectivity index (χ3v) is 9.35. The minimum absolute atomic E-state index is 0. The molecule has 1 aliphatic rings. The maximum absolute atomic E-state index is 10.8. The van der Waals surface area contributed by atoms with Crippen LogP contribution in [-0.2, 0) is 26.5 Å². The van der Waals surface area contributed by atoms with Crippen LogP contribution in [-0.4, -0.2) is 15.1 Å². The van der Waals surface area contributed by atoms with E-state index in [1.54, 1.807) is 6.07 Å². The summed E-state index contributed by atoms with van der Waals surface area (Å²) >= 11 is 0. The van der Waals surface area contributed by atoms with E-state index < -0.39 is 0 Å². The standard InChI is InChI=1S/C41H38N3O.Pt/c1-24(2)30-14-18-37(45)40-31(30)13-17-34(43-40)28-11-15-32-35(22-28)44(38-10-8-9-19-42-38)36-23-29(12-16-33(36)41(32,6)7)39-26(4)20-25(3)21-27(39)5;/h8-21,23-24,45H,1-7H3;/q-1;. The van der Waals surface area contributed by atoms with Gasteiger partial charge in [-0.3, -0.25) is 4.98 Å². The Morgan fingerprint density at radius 2 is 1.57 bits per heavy atom. The van der Waals surface area contributed by atoms with E-state index in [2.05, 4.69) is 114 Å². The van der Waals surface area contributed by atoms with Crippen LogP contribution in [0.2, 0.25) is 0 Å². The smallest absolute Gasteiger partial charge is 0.140 e. The second-order valence-corrected chi connectivity index (χ2v) is 13.2. The maximum Gasteiger partial charge on any atom is 0.140 e. The molecule has 4 nitrogen and oxygen atoms in total. The van der Waals surface area contributed by atoms with Gasteiger partial charge >= 0.3 is 0 Å². The number of phenolic OH excluding ortho intramolecular Hbond substituents is 1. The molecule has 2 aromatic heterocycles. The third kappa shape index (κ3) is 5.13. The van der Waals surface area contributed by atoms with Crippen molar-refractivity contribution in [1.82, 2.24) is 9.97 Å². The largest absolute Gasteiger partial charge is 0.506 e. The van der Waals surface area contributed by atoms with Crippen molar-refractivity contribution in [2.75, 3.05) is 4.90 Å². The summed E-state index contributed by atoms with van der Waals surface area (Å²) in [6.07, 6.45) is 1.84. The SMILES string of the molecule is Cc1cc(C)c(-c2ccc3c(c2)N(c2ccccn2)c2[c-]c(-c4ccc5c(C(C)C)ccc(O)c5n4)ccc2C3(C)C)c(C)c1.[Pt]. The number of aromatic hydroxyl groups is 1. The number of aryl methyl sites for hydroxylation is 3. The molecule has 0 radical (unpaired) electrons. The summed E-state index contributed by atoms with van der Waals surface area (Å²) in [5.41, 5.74) is 13.9. The summed E-state index contributed by atoms with van der Waals surface area (Å²) in [7, 11) is 0. The van der Waals surface area contributed by atoms with Crippen molar-refractivity contribution in [1.29, 1.82) is 0 Å². The molecule has 0 spiro atoms. The number of rotatable bonds is 4. The topological polar surface area (TPSA) is 49.2 Å². The first kappa shape index (κ1) is 31.7. The zero-order chi connectivity index (χ0) is 31.6. The van der Waals surface area contributed by atoms with E-state index in [1.807, 2.05) is 30.5 Å². The van der Waals surface area contributed by atoms with Crippen LogP contribution >= 0.6 is 0 Å². The van der Waals surface area contributed by atoms with Gasteiger partial charge in [-0.05, 0) is 101 Å². The second kappa shape index (κ2) is 11.8. The Balaban J connectivity index is 0.00000372. The first-order valence-corrected chi connectivity index (χ1v) is 15.7. The third-order valence-electron chi connectivity index (χ3n) is 9.35. The van der Waals surface area contributed by atoms with Crippen LogP contribution in [0.5, 0.6) is 5.75 Å². The van der Waals surface area contributed by atoms with Gasteiger partial charge in [-0.15, -0.1) is 23.8 Å². The molecule has 6 aromatic rings. The van der Waals surface area contributed by atoms with Crippen LogP contribution in [0.1, 0.15) is 67.0 Å². The molecule has 0 saturated heterocycles. The van der Waals surface area contributed by atoms with E-state index in [0.717, 1.165) is 33.8 Å². The van der Waals surface area contributed by atoms with Gasteiger partial charge in [0.25, 0.3) is 0 Å². The van der Waals surface area contributed by atoms with Gasteiger partial charge in [0.05, 0.1) is 0 Å². The van der Waals surface area contributed by atoms with E-state index in [0.29, 0.717) is 11.4 Å². The van der Waals surface area contributed by atoms with Gasteiger partial charge in [0.1, 0.15) is 17.1 Å². The summed E-state index contributed by atoms with van der Waals surface area (Å²) in [4.78, 5) is 12.1. The molecule has 4 aromatic carbocycles. The number of anilines is 3. The van der Waals surface area contributed by atoms with Gasteiger partial charge in [-0.1, -0.05) is 87.4 Å². The normalized spacial score (nSPS) is 13.3. The fourth-order valence-corrected chi connectivity index (χ4v) is 7.22. The van der Waals surface area contributed by atoms with Crippen LogP contribution in [0.4, 0.5) is 17.2 Å². The molecule has 5 heteroatoms. The Labute approximate surface area is 286 Å². The van der Waals surface area contributed by atoms with Gasteiger partial charge < -0.3 is 10.0 Å². The van der Waals surface area contributed by atoms with Crippen LogP contribution in [0.25, 0.3) is 33.3 Å². The molecular weight excluding hydrogens is 746 g/mol. The molecule has 7 rings (SSSR count). The van der Waals surface area contributed by atoms with Gasteiger partial charge in [0.2, 0.25) is 0 Å². The molecule has 234 valence electrons. The average molecular weight is 784 g/mol. The number of nitrogens with zero attached hydrogens (tertiary/aromatic N) is 3. The van der Waals surface area contributed by atoms with Crippen molar-refractivity contribution in [3.05, 3.63) is 131 Å². The Morgan fingerprint density at radius 3 is 2.26 bits per heavy atom. The Bertz CT molecular complexity index is 2090. The van der Waals surface area contributed by atoms with Crippen molar-refractivity contribution >= 4 is 28.1 Å². The molecule has 1 N–H and O–H groups in total. The van der Waals surface area contributed by atoms with Crippen molar-refractivity contribution in [3.63, 3.8) is 0 Å². The molecule has 0 fully saturated rings. The van der Waals surface area contributed by atoms with Crippen LogP contribution < -0.4 is 4.90 Å². The number of benzene rings is 4. The van der Waals surface area contributed by atoms with E-state index in [9.17, 15) is 5.11 Å². The first-order chi connectivity index (χ1) is 21.5. The summed E-state index contributed by atoms with van der Waals surface area (Å²) in [5.74, 6) is 1.35. The van der Waals surface area contributed by atoms with Gasteiger partial charge in [0, 0.05) is 38.3 Å². The Morgan fingerprint density at radius 1 is 0.826 bits per heavy atom. The Hall–Kier alpha value is -4.27. The molecule has 1 aliphatic heterocycles. The van der Waals surface area contributed by atoms with E-state index in [1.165, 1.54) is 44.5 Å². The van der Waals surface area contributed by atoms with Crippen molar-refractivity contribution in [2.45, 2.75) is 59.8 Å². The van der Waals surface area contributed by atoms with Crippen molar-refractivity contribution < 1.29 is 26.2 Å². The van der Waals surface area contributed by atoms with Gasteiger partial charge in [-0.25, -0.2) is 4.98 Å². The van der Waals surface area contributed by atoms with Crippen LogP contribution in [0.15, 0.2) is 91.1 Å². The second-order valence-electron chi connectivity index (χ2n) is 13.2. The monoisotopic (exact) mass is 783 g/mol. The zero-order valence-electron chi connectivity index (χ0n) is 27.3. The predicted molar refractivity (Wildman–Crippen MR) is 186 cm³/mol. The quantitative estimate of drug-likeness (QED) is 0.181. The predicted octanol–water partition coefficient (Wildman–Crippen LogP) is 10.6. The number of pyridine rings is 2. The Kier molecular flexibility index (Phi) is 8.15. The van der Waals surface area contributed by atoms with Crippen molar-refractivity contribution in [2.24, 2.45) is 0 Å². The van der Waals surface area contributed by atoms with Gasteiger partial charge in [-0.2, -0.15) is 0 Å². The summed E-state index contributed by atoms with van der Waals surface area (Å²) in [5, 5.41) is 11.8. The number of phenols is 1. The average Bonchev–Trinajstić information content (AvgIpc) is 3.01. The van der Waals surface area contributed by atoms with E-state index in [4.69, 9.17) is 9.97 Å². The molecule has 3 heterocycles. The summed E-state index contributed by atoms with van der Waals surface area (Å²) in [6, 6.07) is 33.4. The number of fused-ring (bicyclic) bond motifs is 3. The molecule has 0 bridgehead atoms. The minimum Gasteiger partial charge on any atom is -0.506 e. The van der Waals surface area contributed by atoms with Crippen LogP contribution in [0, 0.1) is 26.8 Å². The molecule has 0 aliphatic carbocycles. The first-order valence-electron chi connectivity index (χ1n) is 15.7. The zero-order valence-corrected chi connectivity index (χ0v) is 29.6. The molecule has 0 atom stereocenters. The van der Waals surface area contributed by atoms with E-state index in [-0.39, 0.29) is 32.2 Å². The molecule has 0 unspecified atom stereocenters. The molecule has 0 amide bonds. The number of aromatic nitrogens is 2. The molecule has 0 saturated carbocycles. The fourth-order valence-electron chi connectivity index (χ4n) is 7.22. The fraction of sp³-hybridized carbons (Fsp3) is 0.220. The summed E-state index contributed by atoms with van der Waals surface area (Å²) < 4.78 is 0. The van der Waals surface area contributed by atoms with Crippen molar-refractivity contribution in [3.8, 4) is 28.1 Å². The maximum atomic E-state index is 10.8. The van der Waals surface area contributed by atoms with E-state index >= 15 is 0 Å². The summed E-state index contributed by atoms with van der Waals surface area (Å²) in [6.45, 7) is 15.4. The minimum atomic E-state index is -0.276. The molecule has 46 heavy (non-hydrogen) atoms. The molecular formula is C41H38N3OPt-. The number of hydrogen-bond acceptors (Lipinski definition) is 4.